The van der Waals surface area contributed by atoms with Crippen LogP contribution in [0, 0.1) is 12.7 Å². The van der Waals surface area contributed by atoms with Crippen molar-refractivity contribution in [1.82, 2.24) is 0 Å². The van der Waals surface area contributed by atoms with Crippen LogP contribution in [0.3, 0.4) is 0 Å². The summed E-state index contributed by atoms with van der Waals surface area (Å²) in [5, 5.41) is -0.792. The van der Waals surface area contributed by atoms with Gasteiger partial charge in [0.25, 0.3) is 5.24 Å². The first-order valence-electron chi connectivity index (χ1n) is 3.18. The lowest BCUT2D eigenvalue weighted by atomic mass is 10.1. The summed E-state index contributed by atoms with van der Waals surface area (Å²) in [6.07, 6.45) is 0. The van der Waals surface area contributed by atoms with Crippen LogP contribution in [0.2, 0.25) is 0 Å². The Labute approximate surface area is 82.7 Å². The van der Waals surface area contributed by atoms with Crippen LogP contribution in [0.1, 0.15) is 15.9 Å². The zero-order valence-corrected chi connectivity index (χ0v) is 8.54. The van der Waals surface area contributed by atoms with E-state index in [1.807, 2.05) is 0 Å². The van der Waals surface area contributed by atoms with E-state index in [0.717, 1.165) is 5.56 Å². The third-order valence-electron chi connectivity index (χ3n) is 1.38. The molecule has 0 aliphatic carbocycles. The predicted molar refractivity (Wildman–Crippen MR) is 49.0 cm³/mol. The van der Waals surface area contributed by atoms with Gasteiger partial charge in [0.2, 0.25) is 0 Å². The monoisotopic (exact) mass is 250 g/mol. The second-order valence-electron chi connectivity index (χ2n) is 2.38. The summed E-state index contributed by atoms with van der Waals surface area (Å²) in [5.74, 6) is -0.595. The van der Waals surface area contributed by atoms with Crippen LogP contribution in [0.25, 0.3) is 0 Å². The van der Waals surface area contributed by atoms with Gasteiger partial charge in [-0.1, -0.05) is 0 Å². The topological polar surface area (TPSA) is 17.1 Å². The first kappa shape index (κ1) is 9.68. The first-order valence-corrected chi connectivity index (χ1v) is 4.35. The largest absolute Gasteiger partial charge is 0.275 e. The summed E-state index contributed by atoms with van der Waals surface area (Å²) in [7, 11) is 0. The maximum atomic E-state index is 13.0. The SMILES string of the molecule is Cc1cc(F)c(C(=O)Cl)c(Br)c1. The molecule has 0 amide bonds. The Kier molecular flexibility index (Phi) is 2.85. The lowest BCUT2D eigenvalue weighted by molar-refractivity contribution is 0.107. The number of halogens is 3. The number of rotatable bonds is 1. The Bertz CT molecular complexity index is 315. The van der Waals surface area contributed by atoms with E-state index in [2.05, 4.69) is 15.9 Å². The van der Waals surface area contributed by atoms with Crippen LogP contribution >= 0.6 is 27.5 Å². The van der Waals surface area contributed by atoms with E-state index in [9.17, 15) is 9.18 Å². The summed E-state index contributed by atoms with van der Waals surface area (Å²) < 4.78 is 13.4. The highest BCUT2D eigenvalue weighted by atomic mass is 79.9. The smallest absolute Gasteiger partial charge is 0.256 e. The molecule has 0 radical (unpaired) electrons. The van der Waals surface area contributed by atoms with Gasteiger partial charge in [0.1, 0.15) is 5.82 Å². The molecule has 1 aromatic carbocycles. The highest BCUT2D eigenvalue weighted by molar-refractivity contribution is 9.10. The van der Waals surface area contributed by atoms with Crippen molar-refractivity contribution < 1.29 is 9.18 Å². The second kappa shape index (κ2) is 3.54. The quantitative estimate of drug-likeness (QED) is 0.700. The molecule has 0 heterocycles. The highest BCUT2D eigenvalue weighted by Crippen LogP contribution is 2.23. The molecule has 0 aliphatic rings. The van der Waals surface area contributed by atoms with Crippen LogP contribution < -0.4 is 0 Å². The Morgan fingerprint density at radius 2 is 2.17 bits per heavy atom. The van der Waals surface area contributed by atoms with Crippen molar-refractivity contribution in [1.29, 1.82) is 0 Å². The first-order chi connectivity index (χ1) is 5.52. The predicted octanol–water partition coefficient (Wildman–Crippen LogP) is 3.28. The maximum absolute atomic E-state index is 13.0. The van der Waals surface area contributed by atoms with Gasteiger partial charge in [-0.05, 0) is 52.2 Å². The molecule has 0 fully saturated rings. The molecule has 0 aliphatic heterocycles. The standard InChI is InChI=1S/C8H5BrClFO/c1-4-2-5(9)7(8(10)12)6(11)3-4/h2-3H,1H3. The molecular weight excluding hydrogens is 246 g/mol. The third-order valence-corrected chi connectivity index (χ3v) is 2.20. The fourth-order valence-corrected chi connectivity index (χ4v) is 1.92. The number of benzene rings is 1. The maximum Gasteiger partial charge on any atom is 0.256 e. The Balaban J connectivity index is 3.38. The Hall–Kier alpha value is -0.410. The lowest BCUT2D eigenvalue weighted by Gasteiger charge is -2.01. The minimum absolute atomic E-state index is 0.109. The van der Waals surface area contributed by atoms with Crippen LogP contribution in [0.15, 0.2) is 16.6 Å². The third kappa shape index (κ3) is 1.84. The van der Waals surface area contributed by atoms with Gasteiger partial charge in [-0.3, -0.25) is 4.79 Å². The average molecular weight is 251 g/mol. The van der Waals surface area contributed by atoms with Crippen molar-refractivity contribution >= 4 is 32.8 Å². The summed E-state index contributed by atoms with van der Waals surface area (Å²) in [6, 6.07) is 2.90. The zero-order chi connectivity index (χ0) is 9.30. The molecule has 0 saturated heterocycles. The summed E-state index contributed by atoms with van der Waals surface area (Å²) in [6.45, 7) is 1.73. The van der Waals surface area contributed by atoms with Crippen molar-refractivity contribution in [2.75, 3.05) is 0 Å². The van der Waals surface area contributed by atoms with E-state index >= 15 is 0 Å². The molecule has 0 unspecified atom stereocenters. The number of hydrogen-bond acceptors (Lipinski definition) is 1. The number of carbonyl (C=O) groups excluding carboxylic acids is 1. The van der Waals surface area contributed by atoms with Gasteiger partial charge in [-0.15, -0.1) is 0 Å². The van der Waals surface area contributed by atoms with Gasteiger partial charge in [-0.25, -0.2) is 4.39 Å². The molecule has 12 heavy (non-hydrogen) atoms. The molecule has 1 aromatic rings. The second-order valence-corrected chi connectivity index (χ2v) is 3.57. The molecule has 0 saturated carbocycles. The van der Waals surface area contributed by atoms with E-state index in [4.69, 9.17) is 11.6 Å². The molecule has 1 rings (SSSR count). The van der Waals surface area contributed by atoms with Crippen molar-refractivity contribution in [3.8, 4) is 0 Å². The van der Waals surface area contributed by atoms with E-state index in [1.54, 1.807) is 13.0 Å². The fourth-order valence-electron chi connectivity index (χ4n) is 0.888. The molecule has 0 bridgehead atoms. The fraction of sp³-hybridized carbons (Fsp3) is 0.125. The molecule has 64 valence electrons. The van der Waals surface area contributed by atoms with Gasteiger partial charge in [0, 0.05) is 4.47 Å². The van der Waals surface area contributed by atoms with E-state index in [0.29, 0.717) is 4.47 Å². The summed E-state index contributed by atoms with van der Waals surface area (Å²) in [5.41, 5.74) is 0.628. The molecule has 0 spiro atoms. The van der Waals surface area contributed by atoms with Crippen molar-refractivity contribution in [3.63, 3.8) is 0 Å². The molecule has 0 atom stereocenters. The van der Waals surface area contributed by atoms with Crippen LogP contribution in [-0.2, 0) is 0 Å². The van der Waals surface area contributed by atoms with E-state index in [1.165, 1.54) is 6.07 Å². The van der Waals surface area contributed by atoms with E-state index < -0.39 is 11.1 Å². The van der Waals surface area contributed by atoms with Crippen LogP contribution in [-0.4, -0.2) is 5.24 Å². The number of carbonyl (C=O) groups is 1. The van der Waals surface area contributed by atoms with Crippen LogP contribution in [0.5, 0.6) is 0 Å². The minimum Gasteiger partial charge on any atom is -0.275 e. The highest BCUT2D eigenvalue weighted by Gasteiger charge is 2.13. The van der Waals surface area contributed by atoms with Gasteiger partial charge in [-0.2, -0.15) is 0 Å². The molecular formula is C8H5BrClFO. The molecule has 0 aromatic heterocycles. The zero-order valence-electron chi connectivity index (χ0n) is 6.20. The Morgan fingerprint density at radius 1 is 1.58 bits per heavy atom. The number of hydrogen-bond donors (Lipinski definition) is 0. The van der Waals surface area contributed by atoms with Crippen LogP contribution in [0.4, 0.5) is 4.39 Å². The Morgan fingerprint density at radius 3 is 2.58 bits per heavy atom. The summed E-state index contributed by atoms with van der Waals surface area (Å²) >= 11 is 8.21. The normalized spacial score (nSPS) is 10.0. The average Bonchev–Trinajstić information content (AvgIpc) is 1.82. The van der Waals surface area contributed by atoms with Gasteiger partial charge >= 0.3 is 0 Å². The number of aryl methyl sites for hydroxylation is 1. The lowest BCUT2D eigenvalue weighted by Crippen LogP contribution is -1.96. The molecule has 1 nitrogen and oxygen atoms in total. The molecule has 4 heteroatoms. The van der Waals surface area contributed by atoms with Crippen molar-refractivity contribution in [3.05, 3.63) is 33.5 Å². The van der Waals surface area contributed by atoms with Gasteiger partial charge in [0.05, 0.1) is 5.56 Å². The van der Waals surface area contributed by atoms with Crippen molar-refractivity contribution in [2.45, 2.75) is 6.92 Å². The minimum atomic E-state index is -0.792. The van der Waals surface area contributed by atoms with Gasteiger partial charge < -0.3 is 0 Å². The van der Waals surface area contributed by atoms with Gasteiger partial charge in [0.15, 0.2) is 0 Å². The van der Waals surface area contributed by atoms with E-state index in [-0.39, 0.29) is 5.56 Å². The molecule has 0 N–H and O–H groups in total. The summed E-state index contributed by atoms with van der Waals surface area (Å²) in [4.78, 5) is 10.7. The van der Waals surface area contributed by atoms with Crippen molar-refractivity contribution in [2.24, 2.45) is 0 Å².